The van der Waals surface area contributed by atoms with Gasteiger partial charge in [-0.2, -0.15) is 13.2 Å². The summed E-state index contributed by atoms with van der Waals surface area (Å²) >= 11 is 0. The number of amides is 5. The molecule has 3 aromatic rings. The zero-order valence-corrected chi connectivity index (χ0v) is 24.2. The molecule has 3 heterocycles. The van der Waals surface area contributed by atoms with Gasteiger partial charge in [0.25, 0.3) is 0 Å². The number of likely N-dealkylation sites (tertiary alicyclic amines) is 1. The van der Waals surface area contributed by atoms with E-state index in [1.807, 2.05) is 24.3 Å². The number of benzene rings is 3. The van der Waals surface area contributed by atoms with E-state index >= 15 is 0 Å². The van der Waals surface area contributed by atoms with Crippen molar-refractivity contribution in [1.82, 2.24) is 20.4 Å². The van der Waals surface area contributed by atoms with E-state index in [1.165, 1.54) is 17.0 Å². The highest BCUT2D eigenvalue weighted by Crippen LogP contribution is 2.39. The van der Waals surface area contributed by atoms with Gasteiger partial charge in [-0.15, -0.1) is 0 Å². The van der Waals surface area contributed by atoms with E-state index in [2.05, 4.69) is 16.0 Å². The Bertz CT molecular complexity index is 1670. The molecule has 6 N–H and O–H groups in total. The lowest BCUT2D eigenvalue weighted by molar-refractivity contribution is -0.137. The standard InChI is InChI=1S/C32H32F3N7O3/c33-32(34,35)21-8-5-19(6-9-21)17-42-18-23-20(7-10-25(37)22(23)16-36)15-27(28(42)43)39-30(45)41-13-11-31(12-14-41)24-3-1-2-4-26(24)38-29(44)40-31/h1-10,16,27,36H,11-15,17-18,37H2,(H,39,45)(H2,38,40,44)/t27-/m1/s1. The Morgan fingerprint density at radius 2 is 1.78 bits per heavy atom. The average Bonchev–Trinajstić information content (AvgIpc) is 3.13. The molecule has 0 aliphatic carbocycles. The number of fused-ring (bicyclic) bond motifs is 3. The van der Waals surface area contributed by atoms with Crippen LogP contribution < -0.4 is 21.7 Å². The molecule has 45 heavy (non-hydrogen) atoms. The van der Waals surface area contributed by atoms with Crippen molar-refractivity contribution in [3.8, 4) is 0 Å². The van der Waals surface area contributed by atoms with Crippen LogP contribution in [-0.4, -0.2) is 53.1 Å². The Hall–Kier alpha value is -5.07. The molecule has 3 aliphatic heterocycles. The minimum Gasteiger partial charge on any atom is -0.398 e. The van der Waals surface area contributed by atoms with Gasteiger partial charge in [-0.3, -0.25) is 4.79 Å². The van der Waals surface area contributed by atoms with Crippen LogP contribution in [0.25, 0.3) is 0 Å². The molecule has 0 saturated carbocycles. The van der Waals surface area contributed by atoms with Gasteiger partial charge in [0.2, 0.25) is 5.91 Å². The smallest absolute Gasteiger partial charge is 0.398 e. The predicted molar refractivity (Wildman–Crippen MR) is 162 cm³/mol. The van der Waals surface area contributed by atoms with Crippen LogP contribution in [0.15, 0.2) is 60.7 Å². The molecule has 1 saturated heterocycles. The second kappa shape index (κ2) is 11.5. The Balaban J connectivity index is 1.22. The second-order valence-electron chi connectivity index (χ2n) is 11.6. The van der Waals surface area contributed by atoms with E-state index < -0.39 is 35.3 Å². The largest absolute Gasteiger partial charge is 0.416 e. The first-order chi connectivity index (χ1) is 21.5. The maximum atomic E-state index is 13.9. The third kappa shape index (κ3) is 5.77. The summed E-state index contributed by atoms with van der Waals surface area (Å²) in [6.45, 7) is 0.731. The quantitative estimate of drug-likeness (QED) is 0.215. The van der Waals surface area contributed by atoms with Gasteiger partial charge in [0, 0.05) is 61.3 Å². The molecule has 1 fully saturated rings. The number of carbonyl (C=O) groups excluding carboxylic acids is 3. The van der Waals surface area contributed by atoms with Gasteiger partial charge in [-0.1, -0.05) is 36.4 Å². The van der Waals surface area contributed by atoms with E-state index in [0.29, 0.717) is 48.3 Å². The third-order valence-electron chi connectivity index (χ3n) is 8.92. The highest BCUT2D eigenvalue weighted by Gasteiger charge is 2.43. The van der Waals surface area contributed by atoms with Crippen LogP contribution in [0.1, 0.15) is 46.2 Å². The van der Waals surface area contributed by atoms with E-state index in [1.54, 1.807) is 17.0 Å². The fraction of sp³-hybridized carbons (Fsp3) is 0.312. The van der Waals surface area contributed by atoms with Gasteiger partial charge in [0.1, 0.15) is 6.04 Å². The fourth-order valence-corrected chi connectivity index (χ4v) is 6.51. The van der Waals surface area contributed by atoms with Gasteiger partial charge in [0.05, 0.1) is 11.1 Å². The molecular weight excluding hydrogens is 587 g/mol. The molecule has 0 bridgehead atoms. The van der Waals surface area contributed by atoms with Crippen molar-refractivity contribution in [3.05, 3.63) is 94.0 Å². The summed E-state index contributed by atoms with van der Waals surface area (Å²) in [5.41, 5.74) is 9.12. The molecule has 0 aromatic heterocycles. The topological polar surface area (TPSA) is 144 Å². The molecule has 6 rings (SSSR count). The van der Waals surface area contributed by atoms with Crippen LogP contribution >= 0.6 is 0 Å². The van der Waals surface area contributed by atoms with Gasteiger partial charge >= 0.3 is 18.2 Å². The number of piperidine rings is 1. The minimum absolute atomic E-state index is 0.00556. The van der Waals surface area contributed by atoms with Crippen molar-refractivity contribution in [2.75, 3.05) is 24.1 Å². The first kappa shape index (κ1) is 30.0. The SMILES string of the molecule is N=Cc1c(N)ccc2c1CN(Cc1ccc(C(F)(F)F)cc1)C(=O)[C@H](NC(=O)N1CCC3(CC1)NC(=O)Nc1ccccc13)C2. The van der Waals surface area contributed by atoms with Crippen molar-refractivity contribution in [2.45, 2.75) is 50.1 Å². The molecule has 1 spiro atoms. The number of halogens is 3. The summed E-state index contributed by atoms with van der Waals surface area (Å²) in [7, 11) is 0. The lowest BCUT2D eigenvalue weighted by Gasteiger charge is -2.45. The second-order valence-corrected chi connectivity index (χ2v) is 11.6. The summed E-state index contributed by atoms with van der Waals surface area (Å²) in [6, 6.07) is 13.9. The Morgan fingerprint density at radius 1 is 1.07 bits per heavy atom. The summed E-state index contributed by atoms with van der Waals surface area (Å²) in [5, 5.41) is 16.7. The van der Waals surface area contributed by atoms with Crippen LogP contribution in [0.4, 0.5) is 34.1 Å². The number of nitrogens with one attached hydrogen (secondary N) is 4. The lowest BCUT2D eigenvalue weighted by Crippen LogP contribution is -2.59. The summed E-state index contributed by atoms with van der Waals surface area (Å²) < 4.78 is 39.4. The maximum Gasteiger partial charge on any atom is 0.416 e. The highest BCUT2D eigenvalue weighted by molar-refractivity contribution is 5.94. The molecule has 3 aliphatic rings. The number of para-hydroxylation sites is 1. The highest BCUT2D eigenvalue weighted by atomic mass is 19.4. The third-order valence-corrected chi connectivity index (χ3v) is 8.92. The first-order valence-corrected chi connectivity index (χ1v) is 14.6. The number of hydrogen-bond acceptors (Lipinski definition) is 5. The molecule has 234 valence electrons. The first-order valence-electron chi connectivity index (χ1n) is 14.6. The van der Waals surface area contributed by atoms with E-state index in [9.17, 15) is 27.6 Å². The molecule has 0 unspecified atom stereocenters. The molecular formula is C32H32F3N7O3. The van der Waals surface area contributed by atoms with Crippen LogP contribution in [-0.2, 0) is 36.0 Å². The summed E-state index contributed by atoms with van der Waals surface area (Å²) in [5.74, 6) is -0.401. The van der Waals surface area contributed by atoms with Crippen molar-refractivity contribution in [1.29, 1.82) is 5.41 Å². The van der Waals surface area contributed by atoms with Gasteiger partial charge in [-0.25, -0.2) is 9.59 Å². The van der Waals surface area contributed by atoms with Crippen molar-refractivity contribution >= 4 is 35.6 Å². The lowest BCUT2D eigenvalue weighted by atomic mass is 9.79. The van der Waals surface area contributed by atoms with Crippen LogP contribution in [0.5, 0.6) is 0 Å². The number of carbonyl (C=O) groups is 3. The van der Waals surface area contributed by atoms with Crippen molar-refractivity contribution in [3.63, 3.8) is 0 Å². The Kier molecular flexibility index (Phi) is 7.63. The minimum atomic E-state index is -4.49. The predicted octanol–water partition coefficient (Wildman–Crippen LogP) is 4.57. The number of nitrogen functional groups attached to an aromatic ring is 1. The maximum absolute atomic E-state index is 13.9. The monoisotopic (exact) mass is 619 g/mol. The number of alkyl halides is 3. The number of nitrogens with zero attached hydrogens (tertiary/aromatic N) is 2. The van der Waals surface area contributed by atoms with Gasteiger partial charge in [-0.05, 0) is 53.8 Å². The van der Waals surface area contributed by atoms with Crippen LogP contribution in [0, 0.1) is 5.41 Å². The summed E-state index contributed by atoms with van der Waals surface area (Å²) in [6.07, 6.45) is -2.26. The van der Waals surface area contributed by atoms with Gasteiger partial charge < -0.3 is 36.9 Å². The number of anilines is 2. The normalized spacial score (nSPS) is 19.1. The molecule has 1 atom stereocenters. The average molecular weight is 620 g/mol. The fourth-order valence-electron chi connectivity index (χ4n) is 6.51. The molecule has 13 heteroatoms. The number of rotatable bonds is 4. The number of hydrogen-bond donors (Lipinski definition) is 5. The molecule has 10 nitrogen and oxygen atoms in total. The van der Waals surface area contributed by atoms with E-state index in [4.69, 9.17) is 11.1 Å². The molecule has 0 radical (unpaired) electrons. The van der Waals surface area contributed by atoms with E-state index in [0.717, 1.165) is 35.2 Å². The number of nitrogens with two attached hydrogens (primary N) is 1. The Labute approximate surface area is 257 Å². The Morgan fingerprint density at radius 3 is 2.47 bits per heavy atom. The van der Waals surface area contributed by atoms with Crippen molar-refractivity contribution < 1.29 is 27.6 Å². The van der Waals surface area contributed by atoms with Gasteiger partial charge in [0.15, 0.2) is 0 Å². The zero-order valence-electron chi connectivity index (χ0n) is 24.2. The molecule has 3 aromatic carbocycles. The van der Waals surface area contributed by atoms with E-state index in [-0.39, 0.29) is 25.5 Å². The molecule has 5 amide bonds. The zero-order chi connectivity index (χ0) is 31.9. The van der Waals surface area contributed by atoms with Crippen LogP contribution in [0.2, 0.25) is 0 Å². The van der Waals surface area contributed by atoms with Crippen molar-refractivity contribution in [2.24, 2.45) is 0 Å². The summed E-state index contributed by atoms with van der Waals surface area (Å²) in [4.78, 5) is 43.0. The number of urea groups is 2. The van der Waals surface area contributed by atoms with Crippen LogP contribution in [0.3, 0.4) is 0 Å².